The van der Waals surface area contributed by atoms with Gasteiger partial charge in [0.05, 0.1) is 5.69 Å². The second-order valence-electron chi connectivity index (χ2n) is 5.44. The average Bonchev–Trinajstić information content (AvgIpc) is 2.66. The van der Waals surface area contributed by atoms with Crippen LogP contribution in [0, 0.1) is 0 Å². The zero-order valence-corrected chi connectivity index (χ0v) is 11.9. The first-order valence-electron chi connectivity index (χ1n) is 7.29. The van der Waals surface area contributed by atoms with Crippen molar-refractivity contribution in [3.05, 3.63) is 18.2 Å². The largest absolute Gasteiger partial charge is 0.479 e. The predicted octanol–water partition coefficient (Wildman–Crippen LogP) is 1.49. The molecule has 1 aromatic carbocycles. The molecule has 2 amide bonds. The van der Waals surface area contributed by atoms with Gasteiger partial charge in [0.1, 0.15) is 11.8 Å². The molecule has 6 nitrogen and oxygen atoms in total. The highest BCUT2D eigenvalue weighted by molar-refractivity contribution is 5.98. The normalized spacial score (nSPS) is 25.0. The van der Waals surface area contributed by atoms with Crippen LogP contribution in [0.4, 0.5) is 11.4 Å². The minimum Gasteiger partial charge on any atom is -0.479 e. The summed E-state index contributed by atoms with van der Waals surface area (Å²) in [5.41, 5.74) is 1.44. The highest BCUT2D eigenvalue weighted by Crippen LogP contribution is 2.32. The Kier molecular flexibility index (Phi) is 3.68. The van der Waals surface area contributed by atoms with Crippen LogP contribution in [0.2, 0.25) is 0 Å². The molecule has 112 valence electrons. The number of ether oxygens (including phenoxy) is 1. The lowest BCUT2D eigenvalue weighted by molar-refractivity contribution is -0.123. The molecule has 0 spiro atoms. The van der Waals surface area contributed by atoms with Gasteiger partial charge in [-0.3, -0.25) is 9.59 Å². The number of rotatable bonds is 2. The first kappa shape index (κ1) is 13.7. The van der Waals surface area contributed by atoms with Gasteiger partial charge in [-0.1, -0.05) is 0 Å². The number of fused-ring (bicyclic) bond motifs is 1. The van der Waals surface area contributed by atoms with Crippen LogP contribution in [0.25, 0.3) is 0 Å². The Hall–Kier alpha value is -2.24. The van der Waals surface area contributed by atoms with Crippen LogP contribution in [0.3, 0.4) is 0 Å². The number of carbonyl (C=O) groups excluding carboxylic acids is 2. The quantitative estimate of drug-likeness (QED) is 0.770. The summed E-state index contributed by atoms with van der Waals surface area (Å²) in [7, 11) is 0. The highest BCUT2D eigenvalue weighted by Gasteiger charge is 2.25. The molecular weight excluding hydrogens is 270 g/mol. The van der Waals surface area contributed by atoms with Crippen molar-refractivity contribution in [3.8, 4) is 5.75 Å². The van der Waals surface area contributed by atoms with Crippen molar-refractivity contribution in [3.63, 3.8) is 0 Å². The number of hydrogen-bond acceptors (Lipinski definition) is 4. The van der Waals surface area contributed by atoms with Crippen LogP contribution in [0.15, 0.2) is 18.2 Å². The second-order valence-corrected chi connectivity index (χ2v) is 5.44. The molecule has 0 bridgehead atoms. The fourth-order valence-electron chi connectivity index (χ4n) is 2.58. The van der Waals surface area contributed by atoms with E-state index >= 15 is 0 Å². The summed E-state index contributed by atoms with van der Waals surface area (Å²) < 4.78 is 5.51. The zero-order valence-electron chi connectivity index (χ0n) is 11.9. The standard InChI is InChI=1S/C15H19N3O3/c1-9-14(19)18-12-8-10(5-6-13(12)21-9)17-11-4-2-3-7-16-15(11)20/h5-6,8-9,11,17H,2-4,7H2,1H3,(H,16,20)(H,18,19)/t9-,11+/m1/s1. The molecule has 1 aromatic rings. The smallest absolute Gasteiger partial charge is 0.265 e. The van der Waals surface area contributed by atoms with Gasteiger partial charge in [0, 0.05) is 12.2 Å². The molecule has 0 aliphatic carbocycles. The monoisotopic (exact) mass is 289 g/mol. The number of amides is 2. The lowest BCUT2D eigenvalue weighted by Crippen LogP contribution is -2.38. The molecule has 6 heteroatoms. The fourth-order valence-corrected chi connectivity index (χ4v) is 2.58. The molecule has 3 rings (SSSR count). The van der Waals surface area contributed by atoms with Gasteiger partial charge in [0.25, 0.3) is 5.91 Å². The third-order valence-electron chi connectivity index (χ3n) is 3.79. The third kappa shape index (κ3) is 2.94. The van der Waals surface area contributed by atoms with Crippen molar-refractivity contribution in [1.82, 2.24) is 5.32 Å². The summed E-state index contributed by atoms with van der Waals surface area (Å²) in [4.78, 5) is 23.6. The Morgan fingerprint density at radius 2 is 2.10 bits per heavy atom. The van der Waals surface area contributed by atoms with Gasteiger partial charge in [-0.25, -0.2) is 0 Å². The molecule has 1 fully saturated rings. The van der Waals surface area contributed by atoms with Gasteiger partial charge in [-0.15, -0.1) is 0 Å². The van der Waals surface area contributed by atoms with Gasteiger partial charge in [-0.05, 0) is 44.4 Å². The Balaban J connectivity index is 1.76. The maximum atomic E-state index is 11.9. The molecule has 21 heavy (non-hydrogen) atoms. The first-order chi connectivity index (χ1) is 10.1. The van der Waals surface area contributed by atoms with E-state index in [0.29, 0.717) is 11.4 Å². The summed E-state index contributed by atoms with van der Waals surface area (Å²) in [5, 5.41) is 8.93. The molecule has 2 heterocycles. The van der Waals surface area contributed by atoms with Crippen molar-refractivity contribution in [2.75, 3.05) is 17.2 Å². The predicted molar refractivity (Wildman–Crippen MR) is 79.4 cm³/mol. The summed E-state index contributed by atoms with van der Waals surface area (Å²) in [6, 6.07) is 5.24. The van der Waals surface area contributed by atoms with Crippen molar-refractivity contribution in [1.29, 1.82) is 0 Å². The van der Waals surface area contributed by atoms with E-state index in [1.165, 1.54) is 0 Å². The fraction of sp³-hybridized carbons (Fsp3) is 0.467. The van der Waals surface area contributed by atoms with Crippen LogP contribution in [0.1, 0.15) is 26.2 Å². The number of carbonyl (C=O) groups is 2. The summed E-state index contributed by atoms with van der Waals surface area (Å²) in [6.45, 7) is 2.45. The van der Waals surface area contributed by atoms with Crippen molar-refractivity contribution >= 4 is 23.2 Å². The van der Waals surface area contributed by atoms with E-state index < -0.39 is 6.10 Å². The Morgan fingerprint density at radius 1 is 1.24 bits per heavy atom. The Bertz CT molecular complexity index is 573. The third-order valence-corrected chi connectivity index (χ3v) is 3.79. The maximum Gasteiger partial charge on any atom is 0.265 e. The van der Waals surface area contributed by atoms with Crippen LogP contribution in [-0.2, 0) is 9.59 Å². The maximum absolute atomic E-state index is 11.9. The van der Waals surface area contributed by atoms with Crippen LogP contribution in [-0.4, -0.2) is 30.5 Å². The molecule has 2 aliphatic heterocycles. The minimum absolute atomic E-state index is 0.0270. The molecule has 2 aliphatic rings. The van der Waals surface area contributed by atoms with E-state index in [1.54, 1.807) is 13.0 Å². The highest BCUT2D eigenvalue weighted by atomic mass is 16.5. The Labute approximate surface area is 123 Å². The van der Waals surface area contributed by atoms with Crippen LogP contribution in [0.5, 0.6) is 5.75 Å². The van der Waals surface area contributed by atoms with E-state index in [2.05, 4.69) is 16.0 Å². The van der Waals surface area contributed by atoms with E-state index in [1.807, 2.05) is 12.1 Å². The minimum atomic E-state index is -0.482. The lowest BCUT2D eigenvalue weighted by atomic mass is 10.1. The SMILES string of the molecule is C[C@H]1Oc2ccc(N[C@H]3CCCCNC3=O)cc2NC1=O. The molecular formula is C15H19N3O3. The summed E-state index contributed by atoms with van der Waals surface area (Å²) >= 11 is 0. The number of benzene rings is 1. The molecule has 0 saturated carbocycles. The van der Waals surface area contributed by atoms with Gasteiger partial charge < -0.3 is 20.7 Å². The number of nitrogens with one attached hydrogen (secondary N) is 3. The van der Waals surface area contributed by atoms with Gasteiger partial charge in [-0.2, -0.15) is 0 Å². The molecule has 0 aromatic heterocycles. The number of hydrogen-bond donors (Lipinski definition) is 3. The Morgan fingerprint density at radius 3 is 2.95 bits per heavy atom. The van der Waals surface area contributed by atoms with E-state index in [0.717, 1.165) is 31.5 Å². The first-order valence-corrected chi connectivity index (χ1v) is 7.29. The van der Waals surface area contributed by atoms with E-state index in [-0.39, 0.29) is 17.9 Å². The molecule has 3 N–H and O–H groups in total. The van der Waals surface area contributed by atoms with Crippen molar-refractivity contribution in [2.24, 2.45) is 0 Å². The molecule has 2 atom stereocenters. The lowest BCUT2D eigenvalue weighted by Gasteiger charge is -2.24. The molecule has 0 radical (unpaired) electrons. The summed E-state index contributed by atoms with van der Waals surface area (Å²) in [5.74, 6) is 0.518. The van der Waals surface area contributed by atoms with E-state index in [4.69, 9.17) is 4.74 Å². The van der Waals surface area contributed by atoms with Gasteiger partial charge in [0.2, 0.25) is 5.91 Å². The topological polar surface area (TPSA) is 79.5 Å². The van der Waals surface area contributed by atoms with Gasteiger partial charge >= 0.3 is 0 Å². The number of anilines is 2. The second kappa shape index (κ2) is 5.63. The van der Waals surface area contributed by atoms with Crippen molar-refractivity contribution < 1.29 is 14.3 Å². The molecule has 1 saturated heterocycles. The molecule has 0 unspecified atom stereocenters. The van der Waals surface area contributed by atoms with Crippen molar-refractivity contribution in [2.45, 2.75) is 38.3 Å². The van der Waals surface area contributed by atoms with Crippen LogP contribution >= 0.6 is 0 Å². The average molecular weight is 289 g/mol. The van der Waals surface area contributed by atoms with E-state index in [9.17, 15) is 9.59 Å². The zero-order chi connectivity index (χ0) is 14.8. The van der Waals surface area contributed by atoms with Crippen LogP contribution < -0.4 is 20.7 Å². The van der Waals surface area contributed by atoms with Gasteiger partial charge in [0.15, 0.2) is 6.10 Å². The summed E-state index contributed by atoms with van der Waals surface area (Å²) in [6.07, 6.45) is 2.35.